The molecule has 0 spiro atoms. The van der Waals surface area contributed by atoms with E-state index in [0.717, 1.165) is 37.3 Å². The molecule has 16 heavy (non-hydrogen) atoms. The highest BCUT2D eigenvalue weighted by molar-refractivity contribution is 5.37. The molecular weight excluding hydrogens is 204 g/mol. The number of hydrogen-bond acceptors (Lipinski definition) is 4. The SMILES string of the molecule is COc1ccc(NCC2(O)CCCC2)nc1. The Kier molecular flexibility index (Phi) is 3.29. The van der Waals surface area contributed by atoms with Gasteiger partial charge >= 0.3 is 0 Å². The number of nitrogens with zero attached hydrogens (tertiary/aromatic N) is 1. The Hall–Kier alpha value is -1.29. The van der Waals surface area contributed by atoms with Crippen molar-refractivity contribution in [3.05, 3.63) is 18.3 Å². The van der Waals surface area contributed by atoms with Gasteiger partial charge in [0.15, 0.2) is 0 Å². The van der Waals surface area contributed by atoms with E-state index in [9.17, 15) is 5.11 Å². The van der Waals surface area contributed by atoms with E-state index in [1.807, 2.05) is 12.1 Å². The number of aliphatic hydroxyl groups is 1. The van der Waals surface area contributed by atoms with Crippen LogP contribution in [-0.4, -0.2) is 29.3 Å². The summed E-state index contributed by atoms with van der Waals surface area (Å²) in [5, 5.41) is 13.3. The lowest BCUT2D eigenvalue weighted by atomic mass is 10.0. The number of rotatable bonds is 4. The first-order valence-corrected chi connectivity index (χ1v) is 5.68. The first kappa shape index (κ1) is 11.2. The highest BCUT2D eigenvalue weighted by atomic mass is 16.5. The number of hydrogen-bond donors (Lipinski definition) is 2. The van der Waals surface area contributed by atoms with E-state index in [2.05, 4.69) is 10.3 Å². The molecule has 0 amide bonds. The second-order valence-corrected chi connectivity index (χ2v) is 4.37. The summed E-state index contributed by atoms with van der Waals surface area (Å²) in [5.74, 6) is 1.52. The van der Waals surface area contributed by atoms with Crippen molar-refractivity contribution in [2.75, 3.05) is 19.0 Å². The Labute approximate surface area is 95.7 Å². The van der Waals surface area contributed by atoms with Gasteiger partial charge in [-0.25, -0.2) is 4.98 Å². The molecule has 1 aromatic heterocycles. The molecule has 0 atom stereocenters. The van der Waals surface area contributed by atoms with Gasteiger partial charge in [-0.15, -0.1) is 0 Å². The molecule has 1 heterocycles. The van der Waals surface area contributed by atoms with Crippen LogP contribution in [0.4, 0.5) is 5.82 Å². The van der Waals surface area contributed by atoms with Crippen LogP contribution in [0.2, 0.25) is 0 Å². The lowest BCUT2D eigenvalue weighted by Crippen LogP contribution is -2.33. The van der Waals surface area contributed by atoms with Gasteiger partial charge in [0.25, 0.3) is 0 Å². The molecule has 0 saturated heterocycles. The van der Waals surface area contributed by atoms with Gasteiger partial charge < -0.3 is 15.2 Å². The van der Waals surface area contributed by atoms with E-state index in [1.165, 1.54) is 0 Å². The first-order chi connectivity index (χ1) is 7.72. The molecule has 1 aliphatic carbocycles. The molecule has 0 radical (unpaired) electrons. The van der Waals surface area contributed by atoms with Crippen molar-refractivity contribution >= 4 is 5.82 Å². The zero-order chi connectivity index (χ0) is 11.4. The van der Waals surface area contributed by atoms with Crippen molar-refractivity contribution in [3.63, 3.8) is 0 Å². The van der Waals surface area contributed by atoms with E-state index in [1.54, 1.807) is 13.3 Å². The molecule has 1 aromatic rings. The fraction of sp³-hybridized carbons (Fsp3) is 0.583. The van der Waals surface area contributed by atoms with Crippen LogP contribution >= 0.6 is 0 Å². The summed E-state index contributed by atoms with van der Waals surface area (Å²) < 4.78 is 5.03. The van der Waals surface area contributed by atoms with Gasteiger partial charge in [-0.3, -0.25) is 0 Å². The highest BCUT2D eigenvalue weighted by Gasteiger charge is 2.30. The van der Waals surface area contributed by atoms with Crippen LogP contribution in [0.5, 0.6) is 5.75 Å². The van der Waals surface area contributed by atoms with Gasteiger partial charge in [0.2, 0.25) is 0 Å². The molecule has 2 rings (SSSR count). The second-order valence-electron chi connectivity index (χ2n) is 4.37. The monoisotopic (exact) mass is 222 g/mol. The number of ether oxygens (including phenoxy) is 1. The van der Waals surface area contributed by atoms with Crippen molar-refractivity contribution in [1.82, 2.24) is 4.98 Å². The summed E-state index contributed by atoms with van der Waals surface area (Å²) in [5.41, 5.74) is -0.540. The topological polar surface area (TPSA) is 54.4 Å². The average molecular weight is 222 g/mol. The Balaban J connectivity index is 1.89. The van der Waals surface area contributed by atoms with Gasteiger partial charge in [-0.1, -0.05) is 12.8 Å². The summed E-state index contributed by atoms with van der Waals surface area (Å²) in [6, 6.07) is 3.71. The molecule has 1 saturated carbocycles. The predicted octanol–water partition coefficient (Wildman–Crippen LogP) is 1.81. The third-order valence-corrected chi connectivity index (χ3v) is 3.10. The van der Waals surface area contributed by atoms with E-state index in [4.69, 9.17) is 4.74 Å². The smallest absolute Gasteiger partial charge is 0.137 e. The van der Waals surface area contributed by atoms with Gasteiger partial charge in [0, 0.05) is 6.54 Å². The van der Waals surface area contributed by atoms with E-state index in [-0.39, 0.29) is 0 Å². The van der Waals surface area contributed by atoms with Gasteiger partial charge in [-0.2, -0.15) is 0 Å². The van der Waals surface area contributed by atoms with E-state index in [0.29, 0.717) is 6.54 Å². The lowest BCUT2D eigenvalue weighted by Gasteiger charge is -2.22. The summed E-state index contributed by atoms with van der Waals surface area (Å²) in [6.07, 6.45) is 5.68. The van der Waals surface area contributed by atoms with Crippen molar-refractivity contribution in [1.29, 1.82) is 0 Å². The van der Waals surface area contributed by atoms with Crippen LogP contribution in [0.15, 0.2) is 18.3 Å². The quantitative estimate of drug-likeness (QED) is 0.815. The van der Waals surface area contributed by atoms with Gasteiger partial charge in [0.05, 0.1) is 18.9 Å². The minimum atomic E-state index is -0.540. The van der Waals surface area contributed by atoms with Crippen molar-refractivity contribution in [2.24, 2.45) is 0 Å². The minimum Gasteiger partial charge on any atom is -0.495 e. The molecule has 4 heteroatoms. The molecule has 0 aliphatic heterocycles. The Morgan fingerprint density at radius 2 is 2.19 bits per heavy atom. The van der Waals surface area contributed by atoms with E-state index < -0.39 is 5.60 Å². The molecule has 0 unspecified atom stereocenters. The van der Waals surface area contributed by atoms with Crippen molar-refractivity contribution in [3.8, 4) is 5.75 Å². The molecule has 0 aromatic carbocycles. The lowest BCUT2D eigenvalue weighted by molar-refractivity contribution is 0.0614. The number of aromatic nitrogens is 1. The normalized spacial score (nSPS) is 18.4. The van der Waals surface area contributed by atoms with Crippen LogP contribution in [-0.2, 0) is 0 Å². The number of pyridine rings is 1. The third kappa shape index (κ3) is 2.64. The largest absolute Gasteiger partial charge is 0.495 e. The van der Waals surface area contributed by atoms with Crippen LogP contribution in [0.1, 0.15) is 25.7 Å². The maximum Gasteiger partial charge on any atom is 0.137 e. The van der Waals surface area contributed by atoms with Crippen LogP contribution < -0.4 is 10.1 Å². The molecule has 1 aliphatic rings. The molecule has 0 bridgehead atoms. The number of nitrogens with one attached hydrogen (secondary N) is 1. The Bertz CT molecular complexity index is 331. The zero-order valence-electron chi connectivity index (χ0n) is 9.57. The maximum atomic E-state index is 10.1. The molecule has 4 nitrogen and oxygen atoms in total. The fourth-order valence-corrected chi connectivity index (χ4v) is 2.07. The van der Waals surface area contributed by atoms with Crippen molar-refractivity contribution < 1.29 is 9.84 Å². The van der Waals surface area contributed by atoms with Crippen LogP contribution in [0.3, 0.4) is 0 Å². The highest BCUT2D eigenvalue weighted by Crippen LogP contribution is 2.29. The number of methoxy groups -OCH3 is 1. The summed E-state index contributed by atoms with van der Waals surface area (Å²) in [4.78, 5) is 4.19. The van der Waals surface area contributed by atoms with E-state index >= 15 is 0 Å². The summed E-state index contributed by atoms with van der Waals surface area (Å²) >= 11 is 0. The minimum absolute atomic E-state index is 0.540. The molecule has 2 N–H and O–H groups in total. The van der Waals surface area contributed by atoms with Crippen molar-refractivity contribution in [2.45, 2.75) is 31.3 Å². The molecular formula is C12H18N2O2. The first-order valence-electron chi connectivity index (χ1n) is 5.68. The molecule has 1 fully saturated rings. The standard InChI is InChI=1S/C12H18N2O2/c1-16-10-4-5-11(13-8-10)14-9-12(15)6-2-3-7-12/h4-5,8,15H,2-3,6-7,9H2,1H3,(H,13,14). The molecule has 88 valence electrons. The Morgan fingerprint density at radius 1 is 1.44 bits per heavy atom. The van der Waals surface area contributed by atoms with Gasteiger partial charge in [-0.05, 0) is 25.0 Å². The second kappa shape index (κ2) is 4.70. The average Bonchev–Trinajstić information content (AvgIpc) is 2.75. The van der Waals surface area contributed by atoms with Crippen LogP contribution in [0, 0.1) is 0 Å². The van der Waals surface area contributed by atoms with Crippen LogP contribution in [0.25, 0.3) is 0 Å². The Morgan fingerprint density at radius 3 is 2.75 bits per heavy atom. The number of anilines is 1. The van der Waals surface area contributed by atoms with Gasteiger partial charge in [0.1, 0.15) is 11.6 Å². The summed E-state index contributed by atoms with van der Waals surface area (Å²) in [7, 11) is 1.62. The predicted molar refractivity (Wildman–Crippen MR) is 62.7 cm³/mol. The maximum absolute atomic E-state index is 10.1. The zero-order valence-corrected chi connectivity index (χ0v) is 9.57. The summed E-state index contributed by atoms with van der Waals surface area (Å²) in [6.45, 7) is 0.576. The fourth-order valence-electron chi connectivity index (χ4n) is 2.07. The third-order valence-electron chi connectivity index (χ3n) is 3.10.